The summed E-state index contributed by atoms with van der Waals surface area (Å²) in [5, 5.41) is 4.83. The largest absolute Gasteiger partial charge is 0.490 e. The maximum absolute atomic E-state index is 13.9. The summed E-state index contributed by atoms with van der Waals surface area (Å²) in [4.78, 5) is 38.6. The van der Waals surface area contributed by atoms with Crippen molar-refractivity contribution in [2.45, 2.75) is 20.0 Å². The molecule has 1 aliphatic heterocycles. The van der Waals surface area contributed by atoms with Crippen LogP contribution in [0.5, 0.6) is 11.5 Å². The van der Waals surface area contributed by atoms with Gasteiger partial charge in [-0.1, -0.05) is 30.3 Å². The quantitative estimate of drug-likeness (QED) is 0.195. The van der Waals surface area contributed by atoms with Gasteiger partial charge in [0.15, 0.2) is 11.5 Å². The summed E-state index contributed by atoms with van der Waals surface area (Å²) in [6.45, 7) is 5.51. The van der Waals surface area contributed by atoms with E-state index in [0.29, 0.717) is 35.7 Å². The molecule has 8 nitrogen and oxygen atoms in total. The Bertz CT molecular complexity index is 1470. The topological polar surface area (TPSA) is 97.0 Å². The first-order chi connectivity index (χ1) is 19.3. The number of ether oxygens (including phenoxy) is 2. The van der Waals surface area contributed by atoms with Crippen molar-refractivity contribution in [3.8, 4) is 11.5 Å². The normalized spacial score (nSPS) is 13.8. The standard InChI is InChI=1S/C30H27F2N3O5/c1-3-7-21-14-20(16-26(39-4-2)28(21)40-18-19-10-12-22(31)13-11-19)15-25-29(37)35(30(38)34-25)17-27(36)33-24-9-6-5-8-23(24)32/h3,5-6,8-16H,1,4,7,17-18H2,2H3,(H,33,36)(H,34,38)/b25-15+. The highest BCUT2D eigenvalue weighted by Crippen LogP contribution is 2.35. The fourth-order valence-corrected chi connectivity index (χ4v) is 4.01. The van der Waals surface area contributed by atoms with Crippen LogP contribution in [0.4, 0.5) is 19.3 Å². The second-order valence-corrected chi connectivity index (χ2v) is 8.76. The molecule has 0 spiro atoms. The van der Waals surface area contributed by atoms with Gasteiger partial charge in [-0.05, 0) is 66.9 Å². The fraction of sp³-hybridized carbons (Fsp3) is 0.167. The number of nitrogens with one attached hydrogen (secondary N) is 2. The highest BCUT2D eigenvalue weighted by Gasteiger charge is 2.35. The third kappa shape index (κ3) is 6.71. The van der Waals surface area contributed by atoms with E-state index >= 15 is 0 Å². The molecule has 0 atom stereocenters. The van der Waals surface area contributed by atoms with Crippen molar-refractivity contribution in [3.63, 3.8) is 0 Å². The lowest BCUT2D eigenvalue weighted by atomic mass is 10.0. The summed E-state index contributed by atoms with van der Waals surface area (Å²) in [5.74, 6) is -1.55. The zero-order chi connectivity index (χ0) is 28.6. The summed E-state index contributed by atoms with van der Waals surface area (Å²) in [7, 11) is 0. The van der Waals surface area contributed by atoms with Gasteiger partial charge >= 0.3 is 6.03 Å². The van der Waals surface area contributed by atoms with Gasteiger partial charge in [0, 0.05) is 5.56 Å². The first-order valence-electron chi connectivity index (χ1n) is 12.5. The molecule has 0 unspecified atom stereocenters. The van der Waals surface area contributed by atoms with Crippen LogP contribution in [-0.2, 0) is 22.6 Å². The Kier molecular flexibility index (Phi) is 8.90. The molecule has 40 heavy (non-hydrogen) atoms. The first-order valence-corrected chi connectivity index (χ1v) is 12.5. The van der Waals surface area contributed by atoms with Gasteiger partial charge < -0.3 is 20.1 Å². The molecule has 0 saturated carbocycles. The van der Waals surface area contributed by atoms with Crippen molar-refractivity contribution >= 4 is 29.6 Å². The molecule has 1 heterocycles. The number of hydrogen-bond donors (Lipinski definition) is 2. The Morgan fingerprint density at radius 2 is 1.82 bits per heavy atom. The minimum absolute atomic E-state index is 0.0457. The van der Waals surface area contributed by atoms with Gasteiger partial charge in [0.05, 0.1) is 12.3 Å². The molecule has 3 aromatic rings. The minimum Gasteiger partial charge on any atom is -0.490 e. The number of para-hydroxylation sites is 1. The monoisotopic (exact) mass is 547 g/mol. The van der Waals surface area contributed by atoms with E-state index in [0.717, 1.165) is 10.5 Å². The van der Waals surface area contributed by atoms with Crippen LogP contribution in [0.3, 0.4) is 0 Å². The van der Waals surface area contributed by atoms with E-state index in [1.165, 1.54) is 36.4 Å². The smallest absolute Gasteiger partial charge is 0.329 e. The van der Waals surface area contributed by atoms with Crippen LogP contribution in [0, 0.1) is 11.6 Å². The molecule has 206 valence electrons. The van der Waals surface area contributed by atoms with Gasteiger partial charge in [-0.2, -0.15) is 0 Å². The molecule has 10 heteroatoms. The molecule has 1 saturated heterocycles. The Morgan fingerprint density at radius 1 is 1.07 bits per heavy atom. The van der Waals surface area contributed by atoms with Crippen LogP contribution < -0.4 is 20.1 Å². The predicted octanol–water partition coefficient (Wildman–Crippen LogP) is 5.20. The highest BCUT2D eigenvalue weighted by molar-refractivity contribution is 6.16. The van der Waals surface area contributed by atoms with Gasteiger partial charge in [0.2, 0.25) is 5.91 Å². The van der Waals surface area contributed by atoms with Crippen LogP contribution in [0.2, 0.25) is 0 Å². The predicted molar refractivity (Wildman–Crippen MR) is 145 cm³/mol. The van der Waals surface area contributed by atoms with E-state index in [-0.39, 0.29) is 23.8 Å². The van der Waals surface area contributed by atoms with Gasteiger partial charge in [-0.15, -0.1) is 6.58 Å². The third-order valence-electron chi connectivity index (χ3n) is 5.84. The van der Waals surface area contributed by atoms with E-state index in [1.807, 2.05) is 6.92 Å². The summed E-state index contributed by atoms with van der Waals surface area (Å²) in [6, 6.07) is 14.2. The van der Waals surface area contributed by atoms with Crippen LogP contribution >= 0.6 is 0 Å². The number of urea groups is 1. The summed E-state index contributed by atoms with van der Waals surface area (Å²) in [6.07, 6.45) is 3.57. The van der Waals surface area contributed by atoms with Crippen molar-refractivity contribution in [1.29, 1.82) is 0 Å². The average Bonchev–Trinajstić information content (AvgIpc) is 3.18. The molecule has 3 aromatic carbocycles. The molecule has 0 aliphatic carbocycles. The lowest BCUT2D eigenvalue weighted by Crippen LogP contribution is -2.38. The highest BCUT2D eigenvalue weighted by atomic mass is 19.1. The second kappa shape index (κ2) is 12.7. The average molecular weight is 548 g/mol. The third-order valence-corrected chi connectivity index (χ3v) is 5.84. The van der Waals surface area contributed by atoms with Crippen LogP contribution in [0.25, 0.3) is 6.08 Å². The van der Waals surface area contributed by atoms with Crippen molar-refractivity contribution in [2.75, 3.05) is 18.5 Å². The number of hydrogen-bond acceptors (Lipinski definition) is 5. The van der Waals surface area contributed by atoms with E-state index in [4.69, 9.17) is 9.47 Å². The number of carbonyl (C=O) groups excluding carboxylic acids is 3. The van der Waals surface area contributed by atoms with Crippen molar-refractivity contribution in [2.24, 2.45) is 0 Å². The summed E-state index contributed by atoms with van der Waals surface area (Å²) < 4.78 is 39.0. The number of allylic oxidation sites excluding steroid dienone is 1. The van der Waals surface area contributed by atoms with Crippen molar-refractivity contribution in [3.05, 3.63) is 107 Å². The number of imide groups is 1. The molecule has 2 N–H and O–H groups in total. The molecule has 4 amide bonds. The summed E-state index contributed by atoms with van der Waals surface area (Å²) in [5.41, 5.74) is 1.91. The maximum atomic E-state index is 13.9. The number of amides is 4. The van der Waals surface area contributed by atoms with Gasteiger partial charge in [-0.25, -0.2) is 18.5 Å². The Hall–Kier alpha value is -4.99. The minimum atomic E-state index is -0.782. The lowest BCUT2D eigenvalue weighted by molar-refractivity contribution is -0.127. The fourth-order valence-electron chi connectivity index (χ4n) is 4.01. The number of nitrogens with zero attached hydrogens (tertiary/aromatic N) is 1. The molecule has 1 fully saturated rings. The van der Waals surface area contributed by atoms with Crippen LogP contribution in [0.1, 0.15) is 23.6 Å². The number of rotatable bonds is 11. The van der Waals surface area contributed by atoms with E-state index in [1.54, 1.807) is 36.4 Å². The Balaban J connectivity index is 1.55. The Morgan fingerprint density at radius 3 is 2.52 bits per heavy atom. The SMILES string of the molecule is C=CCc1cc(/C=C2/NC(=O)N(CC(=O)Nc3ccccc3F)C2=O)cc(OCC)c1OCc1ccc(F)cc1. The van der Waals surface area contributed by atoms with Crippen molar-refractivity contribution in [1.82, 2.24) is 10.2 Å². The maximum Gasteiger partial charge on any atom is 0.329 e. The molecule has 4 rings (SSSR count). The van der Waals surface area contributed by atoms with Gasteiger partial charge in [0.1, 0.15) is 30.5 Å². The van der Waals surface area contributed by atoms with Crippen LogP contribution in [-0.4, -0.2) is 35.9 Å². The van der Waals surface area contributed by atoms with E-state index in [2.05, 4.69) is 17.2 Å². The van der Waals surface area contributed by atoms with Crippen LogP contribution in [0.15, 0.2) is 79.0 Å². The zero-order valence-electron chi connectivity index (χ0n) is 21.7. The molecule has 1 aliphatic rings. The number of anilines is 1. The zero-order valence-corrected chi connectivity index (χ0v) is 21.7. The lowest BCUT2D eigenvalue weighted by Gasteiger charge is -2.17. The van der Waals surface area contributed by atoms with Gasteiger partial charge in [0.25, 0.3) is 5.91 Å². The molecule has 0 bridgehead atoms. The molecular weight excluding hydrogens is 520 g/mol. The molecule has 0 aromatic heterocycles. The van der Waals surface area contributed by atoms with Gasteiger partial charge in [-0.3, -0.25) is 9.59 Å². The molecule has 0 radical (unpaired) electrons. The van der Waals surface area contributed by atoms with E-state index < -0.39 is 30.2 Å². The number of benzene rings is 3. The van der Waals surface area contributed by atoms with E-state index in [9.17, 15) is 23.2 Å². The second-order valence-electron chi connectivity index (χ2n) is 8.76. The summed E-state index contributed by atoms with van der Waals surface area (Å²) >= 11 is 0. The van der Waals surface area contributed by atoms with Crippen molar-refractivity contribution < 1.29 is 32.6 Å². The first kappa shape index (κ1) is 28.0. The number of halogens is 2. The Labute approximate surface area is 229 Å². The molecular formula is C30H27F2N3O5. The number of carbonyl (C=O) groups is 3.